The Kier molecular flexibility index (Phi) is 3.08. The number of nitrogens with one attached hydrogen (secondary N) is 1. The average molecular weight is 276 g/mol. The second-order valence-corrected chi connectivity index (χ2v) is 5.48. The van der Waals surface area contributed by atoms with Crippen LogP contribution in [-0.4, -0.2) is 30.5 Å². The monoisotopic (exact) mass is 275 g/mol. The fourth-order valence-electron chi connectivity index (χ4n) is 2.57. The molecule has 1 heterocycles. The fourth-order valence-corrected chi connectivity index (χ4v) is 3.33. The van der Waals surface area contributed by atoms with Crippen LogP contribution in [0.15, 0.2) is 0 Å². The lowest BCUT2D eigenvalue weighted by atomic mass is 9.85. The highest BCUT2D eigenvalue weighted by Gasteiger charge is 2.52. The molecule has 0 amide bonds. The standard InChI is InChI=1S/C11H18BrNO2/c1-15-9(14)11(3-2-6-13-11)7-10(8-12)4-5-10/h13H,2-8H2,1H3. The third-order valence-electron chi connectivity index (χ3n) is 3.74. The zero-order chi connectivity index (χ0) is 10.9. The number of methoxy groups -OCH3 is 1. The van der Waals surface area contributed by atoms with E-state index in [0.717, 1.165) is 31.1 Å². The number of alkyl halides is 1. The summed E-state index contributed by atoms with van der Waals surface area (Å²) in [5.74, 6) is -0.0766. The minimum Gasteiger partial charge on any atom is -0.468 e. The van der Waals surface area contributed by atoms with Crippen LogP contribution in [0.4, 0.5) is 0 Å². The van der Waals surface area contributed by atoms with E-state index in [9.17, 15) is 4.79 Å². The number of hydrogen-bond donors (Lipinski definition) is 1. The van der Waals surface area contributed by atoms with Crippen molar-refractivity contribution in [3.8, 4) is 0 Å². The Morgan fingerprint density at radius 3 is 2.60 bits per heavy atom. The molecule has 86 valence electrons. The molecule has 0 radical (unpaired) electrons. The van der Waals surface area contributed by atoms with Crippen LogP contribution in [0.25, 0.3) is 0 Å². The lowest BCUT2D eigenvalue weighted by Crippen LogP contribution is -2.50. The fraction of sp³-hybridized carbons (Fsp3) is 0.909. The molecule has 1 aliphatic heterocycles. The van der Waals surface area contributed by atoms with Crippen molar-refractivity contribution in [2.75, 3.05) is 19.0 Å². The first-order valence-corrected chi connectivity index (χ1v) is 6.68. The molecule has 0 aromatic rings. The van der Waals surface area contributed by atoms with E-state index >= 15 is 0 Å². The molecule has 3 nitrogen and oxygen atoms in total. The van der Waals surface area contributed by atoms with Crippen LogP contribution in [-0.2, 0) is 9.53 Å². The first-order chi connectivity index (χ1) is 7.16. The van der Waals surface area contributed by atoms with Crippen LogP contribution >= 0.6 is 15.9 Å². The van der Waals surface area contributed by atoms with Gasteiger partial charge >= 0.3 is 5.97 Å². The molecule has 0 aromatic heterocycles. The molecule has 1 atom stereocenters. The van der Waals surface area contributed by atoms with E-state index in [-0.39, 0.29) is 11.5 Å². The normalized spacial score (nSPS) is 32.7. The van der Waals surface area contributed by atoms with Crippen LogP contribution in [0.3, 0.4) is 0 Å². The lowest BCUT2D eigenvalue weighted by Gasteiger charge is -2.30. The lowest BCUT2D eigenvalue weighted by molar-refractivity contribution is -0.148. The molecule has 2 fully saturated rings. The molecule has 0 aromatic carbocycles. The van der Waals surface area contributed by atoms with Crippen molar-refractivity contribution < 1.29 is 9.53 Å². The first kappa shape index (κ1) is 11.4. The van der Waals surface area contributed by atoms with Crippen LogP contribution in [0.5, 0.6) is 0 Å². The Bertz CT molecular complexity index is 257. The topological polar surface area (TPSA) is 38.3 Å². The van der Waals surface area contributed by atoms with E-state index in [2.05, 4.69) is 21.2 Å². The van der Waals surface area contributed by atoms with Gasteiger partial charge in [-0.3, -0.25) is 4.79 Å². The highest BCUT2D eigenvalue weighted by molar-refractivity contribution is 9.09. The first-order valence-electron chi connectivity index (χ1n) is 5.56. The highest BCUT2D eigenvalue weighted by Crippen LogP contribution is 2.53. The molecule has 1 unspecified atom stereocenters. The zero-order valence-electron chi connectivity index (χ0n) is 9.14. The SMILES string of the molecule is COC(=O)C1(CC2(CBr)CC2)CCCN1. The summed E-state index contributed by atoms with van der Waals surface area (Å²) in [5, 5.41) is 4.36. The van der Waals surface area contributed by atoms with Crippen molar-refractivity contribution in [3.63, 3.8) is 0 Å². The van der Waals surface area contributed by atoms with Crippen molar-refractivity contribution in [1.29, 1.82) is 0 Å². The predicted octanol–water partition coefficient (Wildman–Crippen LogP) is 1.85. The highest BCUT2D eigenvalue weighted by atomic mass is 79.9. The van der Waals surface area contributed by atoms with Gasteiger partial charge in [0, 0.05) is 5.33 Å². The maximum absolute atomic E-state index is 11.9. The molecule has 1 saturated carbocycles. The Morgan fingerprint density at radius 2 is 2.20 bits per heavy atom. The Labute approximate surface area is 99.1 Å². The number of carbonyl (C=O) groups is 1. The minimum absolute atomic E-state index is 0.0766. The van der Waals surface area contributed by atoms with E-state index in [4.69, 9.17) is 4.74 Å². The van der Waals surface area contributed by atoms with Gasteiger partial charge in [-0.25, -0.2) is 0 Å². The molecule has 0 bridgehead atoms. The largest absolute Gasteiger partial charge is 0.468 e. The molecule has 0 spiro atoms. The van der Waals surface area contributed by atoms with Crippen molar-refractivity contribution in [1.82, 2.24) is 5.32 Å². The molecule has 4 heteroatoms. The van der Waals surface area contributed by atoms with Gasteiger partial charge in [0.05, 0.1) is 7.11 Å². The van der Waals surface area contributed by atoms with Gasteiger partial charge in [0.15, 0.2) is 0 Å². The summed E-state index contributed by atoms with van der Waals surface area (Å²) in [7, 11) is 1.48. The van der Waals surface area contributed by atoms with Gasteiger partial charge in [0.1, 0.15) is 5.54 Å². The van der Waals surface area contributed by atoms with Gasteiger partial charge in [-0.05, 0) is 44.1 Å². The Hall–Kier alpha value is -0.0900. The van der Waals surface area contributed by atoms with Gasteiger partial charge in [-0.1, -0.05) is 15.9 Å². The van der Waals surface area contributed by atoms with Gasteiger partial charge in [-0.15, -0.1) is 0 Å². The van der Waals surface area contributed by atoms with Gasteiger partial charge in [0.2, 0.25) is 0 Å². The summed E-state index contributed by atoms with van der Waals surface area (Å²) < 4.78 is 4.94. The van der Waals surface area contributed by atoms with E-state index in [1.165, 1.54) is 20.0 Å². The van der Waals surface area contributed by atoms with Crippen LogP contribution in [0.1, 0.15) is 32.1 Å². The number of esters is 1. The summed E-state index contributed by atoms with van der Waals surface area (Å²) in [6.07, 6.45) is 5.40. The summed E-state index contributed by atoms with van der Waals surface area (Å²) in [6.45, 7) is 0.938. The number of carbonyl (C=O) groups excluding carboxylic acids is 1. The van der Waals surface area contributed by atoms with Crippen molar-refractivity contribution in [3.05, 3.63) is 0 Å². The van der Waals surface area contributed by atoms with Gasteiger partial charge < -0.3 is 10.1 Å². The van der Waals surface area contributed by atoms with Crippen LogP contribution in [0, 0.1) is 5.41 Å². The molecule has 1 saturated heterocycles. The number of hydrogen-bond acceptors (Lipinski definition) is 3. The van der Waals surface area contributed by atoms with Crippen LogP contribution in [0.2, 0.25) is 0 Å². The quantitative estimate of drug-likeness (QED) is 0.629. The van der Waals surface area contributed by atoms with E-state index in [1.54, 1.807) is 0 Å². The molecule has 2 aliphatic rings. The van der Waals surface area contributed by atoms with Crippen molar-refractivity contribution >= 4 is 21.9 Å². The second-order valence-electron chi connectivity index (χ2n) is 4.91. The zero-order valence-corrected chi connectivity index (χ0v) is 10.7. The summed E-state index contributed by atoms with van der Waals surface area (Å²) in [4.78, 5) is 11.9. The summed E-state index contributed by atoms with van der Waals surface area (Å²) in [5.41, 5.74) is -0.0372. The van der Waals surface area contributed by atoms with Crippen LogP contribution < -0.4 is 5.32 Å². The van der Waals surface area contributed by atoms with Gasteiger partial charge in [0.25, 0.3) is 0 Å². The Morgan fingerprint density at radius 1 is 1.47 bits per heavy atom. The molecule has 1 N–H and O–H groups in total. The van der Waals surface area contributed by atoms with Gasteiger partial charge in [-0.2, -0.15) is 0 Å². The predicted molar refractivity (Wildman–Crippen MR) is 62.1 cm³/mol. The Balaban J connectivity index is 2.09. The van der Waals surface area contributed by atoms with E-state index < -0.39 is 0 Å². The molecular formula is C11H18BrNO2. The third kappa shape index (κ3) is 2.07. The maximum atomic E-state index is 11.9. The maximum Gasteiger partial charge on any atom is 0.326 e. The molecule has 2 rings (SSSR count). The minimum atomic E-state index is -0.390. The van der Waals surface area contributed by atoms with E-state index in [0.29, 0.717) is 5.41 Å². The molecule has 1 aliphatic carbocycles. The number of ether oxygens (including phenoxy) is 1. The smallest absolute Gasteiger partial charge is 0.326 e. The number of halogens is 1. The molecular weight excluding hydrogens is 258 g/mol. The summed E-state index contributed by atoms with van der Waals surface area (Å²) >= 11 is 3.56. The third-order valence-corrected chi connectivity index (χ3v) is 4.93. The van der Waals surface area contributed by atoms with Crippen molar-refractivity contribution in [2.24, 2.45) is 5.41 Å². The van der Waals surface area contributed by atoms with E-state index in [1.807, 2.05) is 0 Å². The second kappa shape index (κ2) is 4.06. The number of rotatable bonds is 4. The average Bonchev–Trinajstić information content (AvgIpc) is 2.87. The van der Waals surface area contributed by atoms with Crippen molar-refractivity contribution in [2.45, 2.75) is 37.6 Å². The molecule has 15 heavy (non-hydrogen) atoms. The summed E-state index contributed by atoms with van der Waals surface area (Å²) in [6, 6.07) is 0.